The predicted octanol–water partition coefficient (Wildman–Crippen LogP) is 4.74. The molecular weight excluding hydrogens is 518 g/mol. The van der Waals surface area contributed by atoms with E-state index in [9.17, 15) is 21.0 Å². The molecule has 1 N–H and O–H groups in total. The first-order chi connectivity index (χ1) is 16.0. The molecule has 7 nitrogen and oxygen atoms in total. The number of furan rings is 1. The highest BCUT2D eigenvalue weighted by molar-refractivity contribution is 7.92. The maximum absolute atomic E-state index is 13.2. The van der Waals surface area contributed by atoms with Crippen LogP contribution in [0.3, 0.4) is 0 Å². The number of fused-ring (bicyclic) bond motifs is 1. The van der Waals surface area contributed by atoms with Crippen molar-refractivity contribution in [2.45, 2.75) is 21.5 Å². The van der Waals surface area contributed by atoms with Crippen molar-refractivity contribution in [3.8, 4) is 0 Å². The Morgan fingerprint density at radius 3 is 2.38 bits per heavy atom. The van der Waals surface area contributed by atoms with Gasteiger partial charge in [-0.25, -0.2) is 8.42 Å². The van der Waals surface area contributed by atoms with E-state index in [1.807, 2.05) is 0 Å². The van der Waals surface area contributed by atoms with Crippen LogP contribution >= 0.6 is 11.6 Å². The van der Waals surface area contributed by atoms with E-state index in [0.29, 0.717) is 22.1 Å². The molecule has 4 aromatic rings. The average Bonchev–Trinajstić information content (AvgIpc) is 3.18. The van der Waals surface area contributed by atoms with Gasteiger partial charge in [-0.15, -0.1) is 0 Å². The molecule has 1 aromatic heterocycles. The Balaban J connectivity index is 1.62. The number of nitrogens with one attached hydrogen (secondary N) is 1. The van der Waals surface area contributed by atoms with E-state index in [0.717, 1.165) is 6.26 Å². The number of hydrogen-bond donors (Lipinski definition) is 1. The van der Waals surface area contributed by atoms with Crippen molar-refractivity contribution in [3.63, 3.8) is 0 Å². The zero-order valence-corrected chi connectivity index (χ0v) is 21.1. The molecule has 0 aliphatic carbocycles. The number of para-hydroxylation sites is 1. The molecule has 34 heavy (non-hydrogen) atoms. The molecule has 4 rings (SSSR count). The van der Waals surface area contributed by atoms with Crippen LogP contribution in [0.1, 0.15) is 11.1 Å². The summed E-state index contributed by atoms with van der Waals surface area (Å²) in [6, 6.07) is 19.5. The van der Waals surface area contributed by atoms with Crippen LogP contribution in [0.25, 0.3) is 11.0 Å². The topological polar surface area (TPSA) is 111 Å². The smallest absolute Gasteiger partial charge is 0.295 e. The minimum absolute atomic E-state index is 0.0542. The molecule has 1 heterocycles. The molecule has 0 saturated heterocycles. The Bertz CT molecular complexity index is 1580. The van der Waals surface area contributed by atoms with E-state index in [1.54, 1.807) is 48.5 Å². The van der Waals surface area contributed by atoms with Gasteiger partial charge in [-0.05, 0) is 35.4 Å². The summed E-state index contributed by atoms with van der Waals surface area (Å²) in [5.74, 6) is -0.0738. The first kappa shape index (κ1) is 24.5. The lowest BCUT2D eigenvalue weighted by atomic mass is 10.2. The molecule has 0 spiro atoms. The number of anilines is 1. The van der Waals surface area contributed by atoms with Crippen LogP contribution in [0.15, 0.2) is 87.2 Å². The summed E-state index contributed by atoms with van der Waals surface area (Å²) in [5, 5.41) is 0.615. The van der Waals surface area contributed by atoms with Crippen LogP contribution in [-0.2, 0) is 42.2 Å². The first-order valence-electron chi connectivity index (χ1n) is 9.95. The van der Waals surface area contributed by atoms with Crippen molar-refractivity contribution < 1.29 is 25.5 Å². The van der Waals surface area contributed by atoms with Crippen LogP contribution < -0.4 is 4.72 Å². The van der Waals surface area contributed by atoms with Gasteiger partial charge in [-0.2, -0.15) is 8.42 Å². The van der Waals surface area contributed by atoms with Crippen LogP contribution in [0.4, 0.5) is 5.69 Å². The number of sulfone groups is 1. The quantitative estimate of drug-likeness (QED) is 0.347. The third-order valence-corrected chi connectivity index (χ3v) is 8.57. The Morgan fingerprint density at radius 1 is 0.912 bits per heavy atom. The second-order valence-electron chi connectivity index (χ2n) is 7.73. The number of benzene rings is 3. The Kier molecular flexibility index (Phi) is 6.86. The van der Waals surface area contributed by atoms with Crippen LogP contribution in [0.5, 0.6) is 0 Å². The highest BCUT2D eigenvalue weighted by atomic mass is 35.5. The van der Waals surface area contributed by atoms with Crippen molar-refractivity contribution in [1.82, 2.24) is 0 Å². The lowest BCUT2D eigenvalue weighted by molar-refractivity contribution is 0.484. The monoisotopic (exact) mass is 537 g/mol. The van der Waals surface area contributed by atoms with Crippen LogP contribution in [0, 0.1) is 0 Å². The molecular formula is C23H20ClNO6S3. The summed E-state index contributed by atoms with van der Waals surface area (Å²) < 4.78 is 70.3. The van der Waals surface area contributed by atoms with E-state index >= 15 is 0 Å². The van der Waals surface area contributed by atoms with E-state index < -0.39 is 30.7 Å². The SMILES string of the molecule is CS(=O)(=O)Cc1cccc(CS(=O)c2ccc(Cl)cc2NS(=O)(=O)c2cc3ccccc3o2)c1. The second kappa shape index (κ2) is 9.53. The number of hydrogen-bond acceptors (Lipinski definition) is 6. The summed E-state index contributed by atoms with van der Waals surface area (Å²) in [5.41, 5.74) is 1.73. The van der Waals surface area contributed by atoms with Gasteiger partial charge in [0.25, 0.3) is 10.0 Å². The van der Waals surface area contributed by atoms with E-state index in [-0.39, 0.29) is 32.2 Å². The van der Waals surface area contributed by atoms with E-state index in [1.165, 1.54) is 24.3 Å². The molecule has 0 radical (unpaired) electrons. The third-order valence-electron chi connectivity index (χ3n) is 4.82. The molecule has 0 aliphatic heterocycles. The minimum atomic E-state index is -4.12. The standard InChI is InChI=1S/C23H20ClNO6S3/c1-33(27,28)15-17-6-4-5-16(11-17)14-32(26)22-10-9-19(24)13-20(22)25-34(29,30)23-12-18-7-2-3-8-21(18)31-23/h2-13,25H,14-15H2,1H3. The van der Waals surface area contributed by atoms with Gasteiger partial charge >= 0.3 is 0 Å². The zero-order chi connectivity index (χ0) is 24.5. The summed E-state index contributed by atoms with van der Waals surface area (Å²) in [7, 11) is -9.00. The van der Waals surface area contributed by atoms with Crippen molar-refractivity contribution in [2.75, 3.05) is 11.0 Å². The van der Waals surface area contributed by atoms with Crippen molar-refractivity contribution >= 4 is 58.9 Å². The maximum Gasteiger partial charge on any atom is 0.295 e. The van der Waals surface area contributed by atoms with Crippen LogP contribution in [-0.4, -0.2) is 27.3 Å². The van der Waals surface area contributed by atoms with Crippen molar-refractivity contribution in [2.24, 2.45) is 0 Å². The van der Waals surface area contributed by atoms with Gasteiger partial charge in [0.1, 0.15) is 5.58 Å². The molecule has 1 atom stereocenters. The highest BCUT2D eigenvalue weighted by Crippen LogP contribution is 2.30. The fourth-order valence-corrected chi connectivity index (χ4v) is 6.68. The predicted molar refractivity (Wildman–Crippen MR) is 134 cm³/mol. The Labute approximate surface area is 205 Å². The average molecular weight is 538 g/mol. The van der Waals surface area contributed by atoms with E-state index in [4.69, 9.17) is 16.0 Å². The normalized spacial score (nSPS) is 13.1. The summed E-state index contributed by atoms with van der Waals surface area (Å²) >= 11 is 6.09. The van der Waals surface area contributed by atoms with Gasteiger partial charge in [0.2, 0.25) is 5.09 Å². The molecule has 3 aromatic carbocycles. The molecule has 0 bridgehead atoms. The lowest BCUT2D eigenvalue weighted by Gasteiger charge is -2.12. The maximum atomic E-state index is 13.2. The van der Waals surface area contributed by atoms with Gasteiger partial charge in [0, 0.05) is 22.7 Å². The van der Waals surface area contributed by atoms with Gasteiger partial charge in [-0.3, -0.25) is 8.93 Å². The molecule has 0 fully saturated rings. The number of sulfonamides is 1. The summed E-state index contributed by atoms with van der Waals surface area (Å²) in [6.07, 6.45) is 1.14. The van der Waals surface area contributed by atoms with Gasteiger partial charge in [0.05, 0.1) is 32.9 Å². The first-order valence-corrected chi connectivity index (χ1v) is 15.2. The highest BCUT2D eigenvalue weighted by Gasteiger charge is 2.23. The molecule has 0 aliphatic rings. The molecule has 0 saturated carbocycles. The zero-order valence-electron chi connectivity index (χ0n) is 17.9. The largest absolute Gasteiger partial charge is 0.443 e. The van der Waals surface area contributed by atoms with Gasteiger partial charge in [0.15, 0.2) is 9.84 Å². The van der Waals surface area contributed by atoms with Gasteiger partial charge < -0.3 is 4.42 Å². The fourth-order valence-electron chi connectivity index (χ4n) is 3.41. The van der Waals surface area contributed by atoms with Crippen molar-refractivity contribution in [1.29, 1.82) is 0 Å². The molecule has 1 unspecified atom stereocenters. The van der Waals surface area contributed by atoms with E-state index in [2.05, 4.69) is 4.72 Å². The lowest BCUT2D eigenvalue weighted by Crippen LogP contribution is -2.14. The summed E-state index contributed by atoms with van der Waals surface area (Å²) in [4.78, 5) is 0.234. The number of rotatable bonds is 8. The fraction of sp³-hybridized carbons (Fsp3) is 0.130. The van der Waals surface area contributed by atoms with Gasteiger partial charge in [-0.1, -0.05) is 54.1 Å². The minimum Gasteiger partial charge on any atom is -0.443 e. The van der Waals surface area contributed by atoms with Crippen molar-refractivity contribution in [3.05, 3.63) is 88.9 Å². The molecule has 11 heteroatoms. The number of halogens is 1. The molecule has 0 amide bonds. The Hall–Kier alpha value is -2.66. The molecule has 178 valence electrons. The third kappa shape index (κ3) is 5.87. The summed E-state index contributed by atoms with van der Waals surface area (Å²) in [6.45, 7) is 0. The van der Waals surface area contributed by atoms with Crippen LogP contribution in [0.2, 0.25) is 5.02 Å². The Morgan fingerprint density at radius 2 is 1.65 bits per heavy atom. The second-order valence-corrected chi connectivity index (χ2v) is 13.3.